The lowest BCUT2D eigenvalue weighted by Crippen LogP contribution is -2.41. The molecule has 0 unspecified atom stereocenters. The second-order valence-electron chi connectivity index (χ2n) is 7.78. The number of methoxy groups -OCH3 is 1. The monoisotopic (exact) mass is 480 g/mol. The van der Waals surface area contributed by atoms with Gasteiger partial charge in [0.2, 0.25) is 17.7 Å². The first kappa shape index (κ1) is 24.9. The minimum atomic E-state index is -0.305. The second kappa shape index (κ2) is 11.9. The topological polar surface area (TPSA) is 101 Å². The van der Waals surface area contributed by atoms with Gasteiger partial charge in [-0.2, -0.15) is 0 Å². The minimum Gasteiger partial charge on any atom is -0.497 e. The number of ether oxygens (including phenoxy) is 1. The van der Waals surface area contributed by atoms with Gasteiger partial charge < -0.3 is 20.3 Å². The summed E-state index contributed by atoms with van der Waals surface area (Å²) in [5, 5.41) is 7.77. The SMILES string of the molecule is COc1ccc(CNC(=O)CN(C(=O)CCC(=O)Nc2nccs2)c2ccc(C)cc2C)cc1. The maximum absolute atomic E-state index is 13.1. The summed E-state index contributed by atoms with van der Waals surface area (Å²) in [5.41, 5.74) is 3.50. The van der Waals surface area contributed by atoms with E-state index in [1.807, 2.05) is 56.3 Å². The maximum Gasteiger partial charge on any atom is 0.240 e. The van der Waals surface area contributed by atoms with Crippen molar-refractivity contribution in [2.75, 3.05) is 23.9 Å². The Morgan fingerprint density at radius 3 is 2.44 bits per heavy atom. The maximum atomic E-state index is 13.1. The van der Waals surface area contributed by atoms with Crippen molar-refractivity contribution in [1.82, 2.24) is 10.3 Å². The van der Waals surface area contributed by atoms with E-state index in [2.05, 4.69) is 15.6 Å². The van der Waals surface area contributed by atoms with E-state index in [1.54, 1.807) is 18.7 Å². The fraction of sp³-hybridized carbons (Fsp3) is 0.280. The third-order valence-electron chi connectivity index (χ3n) is 5.14. The number of thiazole rings is 1. The Balaban J connectivity index is 1.65. The van der Waals surface area contributed by atoms with Crippen LogP contribution in [0.5, 0.6) is 5.75 Å². The largest absolute Gasteiger partial charge is 0.497 e. The highest BCUT2D eigenvalue weighted by Gasteiger charge is 2.21. The molecular formula is C25H28N4O4S. The molecule has 3 rings (SSSR count). The van der Waals surface area contributed by atoms with Crippen LogP contribution in [0, 0.1) is 13.8 Å². The summed E-state index contributed by atoms with van der Waals surface area (Å²) in [4.78, 5) is 43.5. The summed E-state index contributed by atoms with van der Waals surface area (Å²) in [6, 6.07) is 13.1. The van der Waals surface area contributed by atoms with Crippen molar-refractivity contribution in [1.29, 1.82) is 0 Å². The van der Waals surface area contributed by atoms with Gasteiger partial charge in [0.05, 0.1) is 7.11 Å². The van der Waals surface area contributed by atoms with Crippen LogP contribution in [0.4, 0.5) is 10.8 Å². The van der Waals surface area contributed by atoms with Crippen molar-refractivity contribution >= 4 is 39.9 Å². The number of carbonyl (C=O) groups excluding carboxylic acids is 3. The van der Waals surface area contributed by atoms with E-state index in [1.165, 1.54) is 16.2 Å². The fourth-order valence-electron chi connectivity index (χ4n) is 3.38. The molecule has 3 amide bonds. The quantitative estimate of drug-likeness (QED) is 0.459. The van der Waals surface area contributed by atoms with Crippen LogP contribution in [0.3, 0.4) is 0 Å². The van der Waals surface area contributed by atoms with Gasteiger partial charge in [-0.3, -0.25) is 14.4 Å². The van der Waals surface area contributed by atoms with Crippen LogP contribution in [-0.4, -0.2) is 36.4 Å². The molecule has 0 aliphatic heterocycles. The van der Waals surface area contributed by atoms with Gasteiger partial charge in [0.1, 0.15) is 12.3 Å². The van der Waals surface area contributed by atoms with Gasteiger partial charge in [0.15, 0.2) is 5.13 Å². The van der Waals surface area contributed by atoms with E-state index in [9.17, 15) is 14.4 Å². The van der Waals surface area contributed by atoms with Crippen LogP contribution >= 0.6 is 11.3 Å². The Morgan fingerprint density at radius 2 is 1.79 bits per heavy atom. The first-order valence-corrected chi connectivity index (χ1v) is 11.7. The van der Waals surface area contributed by atoms with E-state index in [4.69, 9.17) is 4.74 Å². The van der Waals surface area contributed by atoms with E-state index in [0.717, 1.165) is 22.4 Å². The third kappa shape index (κ3) is 7.14. The molecule has 8 nitrogen and oxygen atoms in total. The molecule has 1 aromatic heterocycles. The highest BCUT2D eigenvalue weighted by Crippen LogP contribution is 2.22. The highest BCUT2D eigenvalue weighted by atomic mass is 32.1. The summed E-state index contributed by atoms with van der Waals surface area (Å²) in [5.74, 6) is -0.161. The van der Waals surface area contributed by atoms with Crippen molar-refractivity contribution in [2.24, 2.45) is 0 Å². The predicted octanol–water partition coefficient (Wildman–Crippen LogP) is 3.84. The van der Waals surface area contributed by atoms with Gasteiger partial charge in [0, 0.05) is 36.7 Å². The van der Waals surface area contributed by atoms with Crippen LogP contribution in [-0.2, 0) is 20.9 Å². The Labute approximate surface area is 203 Å². The highest BCUT2D eigenvalue weighted by molar-refractivity contribution is 7.13. The summed E-state index contributed by atoms with van der Waals surface area (Å²) < 4.78 is 5.15. The molecule has 0 spiro atoms. The van der Waals surface area contributed by atoms with E-state index >= 15 is 0 Å². The number of carbonyl (C=O) groups is 3. The number of aryl methyl sites for hydroxylation is 2. The van der Waals surface area contributed by atoms with Crippen LogP contribution < -0.4 is 20.3 Å². The fourth-order valence-corrected chi connectivity index (χ4v) is 3.93. The second-order valence-corrected chi connectivity index (χ2v) is 8.67. The van der Waals surface area contributed by atoms with Gasteiger partial charge in [-0.05, 0) is 43.2 Å². The van der Waals surface area contributed by atoms with E-state index < -0.39 is 0 Å². The van der Waals surface area contributed by atoms with Crippen LogP contribution in [0.25, 0.3) is 0 Å². The molecule has 0 aliphatic rings. The molecule has 2 aromatic carbocycles. The van der Waals surface area contributed by atoms with Crippen LogP contribution in [0.1, 0.15) is 29.5 Å². The summed E-state index contributed by atoms with van der Waals surface area (Å²) in [6.07, 6.45) is 1.56. The van der Waals surface area contributed by atoms with Crippen molar-refractivity contribution in [3.8, 4) is 5.75 Å². The normalized spacial score (nSPS) is 10.4. The zero-order chi connectivity index (χ0) is 24.5. The average molecular weight is 481 g/mol. The Morgan fingerprint density at radius 1 is 1.03 bits per heavy atom. The van der Waals surface area contributed by atoms with E-state index in [-0.39, 0.29) is 37.1 Å². The lowest BCUT2D eigenvalue weighted by atomic mass is 10.1. The molecule has 0 atom stereocenters. The zero-order valence-corrected chi connectivity index (χ0v) is 20.3. The number of nitrogens with one attached hydrogen (secondary N) is 2. The molecule has 34 heavy (non-hydrogen) atoms. The number of aromatic nitrogens is 1. The summed E-state index contributed by atoms with van der Waals surface area (Å²) >= 11 is 1.31. The molecule has 0 radical (unpaired) electrons. The molecule has 178 valence electrons. The standard InChI is InChI=1S/C25H28N4O4S/c1-17-4-9-21(18(2)14-17)29(24(32)11-10-22(30)28-25-26-12-13-34-25)16-23(31)27-15-19-5-7-20(33-3)8-6-19/h4-9,12-14H,10-11,15-16H2,1-3H3,(H,27,31)(H,26,28,30). The molecule has 0 saturated heterocycles. The lowest BCUT2D eigenvalue weighted by molar-refractivity contribution is -0.125. The number of hydrogen-bond acceptors (Lipinski definition) is 6. The number of nitrogens with zero attached hydrogens (tertiary/aromatic N) is 2. The first-order chi connectivity index (χ1) is 16.4. The molecule has 0 bridgehead atoms. The Kier molecular flexibility index (Phi) is 8.75. The number of amides is 3. The average Bonchev–Trinajstić information content (AvgIpc) is 3.33. The van der Waals surface area contributed by atoms with Crippen molar-refractivity contribution < 1.29 is 19.1 Å². The smallest absolute Gasteiger partial charge is 0.240 e. The minimum absolute atomic E-state index is 0.00666. The molecule has 1 heterocycles. The van der Waals surface area contributed by atoms with Crippen molar-refractivity contribution in [2.45, 2.75) is 33.2 Å². The van der Waals surface area contributed by atoms with Crippen LogP contribution in [0.15, 0.2) is 54.0 Å². The molecule has 2 N–H and O–H groups in total. The number of rotatable bonds is 10. The molecular weight excluding hydrogens is 452 g/mol. The first-order valence-electron chi connectivity index (χ1n) is 10.8. The van der Waals surface area contributed by atoms with Gasteiger partial charge in [-0.15, -0.1) is 11.3 Å². The molecule has 3 aromatic rings. The predicted molar refractivity (Wildman–Crippen MR) is 133 cm³/mol. The van der Waals surface area contributed by atoms with Gasteiger partial charge >= 0.3 is 0 Å². The number of anilines is 2. The molecule has 0 fully saturated rings. The Hall–Kier alpha value is -3.72. The summed E-state index contributed by atoms with van der Waals surface area (Å²) in [6.45, 7) is 4.04. The van der Waals surface area contributed by atoms with Gasteiger partial charge in [-0.25, -0.2) is 4.98 Å². The van der Waals surface area contributed by atoms with Gasteiger partial charge in [0.25, 0.3) is 0 Å². The van der Waals surface area contributed by atoms with E-state index in [0.29, 0.717) is 17.4 Å². The molecule has 0 aliphatic carbocycles. The Bertz CT molecular complexity index is 1130. The zero-order valence-electron chi connectivity index (χ0n) is 19.5. The van der Waals surface area contributed by atoms with Crippen molar-refractivity contribution in [3.63, 3.8) is 0 Å². The number of hydrogen-bond donors (Lipinski definition) is 2. The molecule has 0 saturated carbocycles. The third-order valence-corrected chi connectivity index (χ3v) is 5.83. The summed E-state index contributed by atoms with van der Waals surface area (Å²) in [7, 11) is 1.60. The number of benzene rings is 2. The lowest BCUT2D eigenvalue weighted by Gasteiger charge is -2.24. The molecule has 9 heteroatoms. The van der Waals surface area contributed by atoms with Gasteiger partial charge in [-0.1, -0.05) is 29.8 Å². The van der Waals surface area contributed by atoms with Crippen molar-refractivity contribution in [3.05, 3.63) is 70.7 Å². The van der Waals surface area contributed by atoms with Crippen LogP contribution in [0.2, 0.25) is 0 Å².